The lowest BCUT2D eigenvalue weighted by Gasteiger charge is -2.26. The Balaban J connectivity index is 1.72. The Morgan fingerprint density at radius 3 is 2.67 bits per heavy atom. The van der Waals surface area contributed by atoms with E-state index in [1.165, 1.54) is 17.5 Å². The van der Waals surface area contributed by atoms with Crippen molar-refractivity contribution in [2.75, 3.05) is 18.4 Å². The summed E-state index contributed by atoms with van der Waals surface area (Å²) in [6.07, 6.45) is 3.36. The third-order valence-corrected chi connectivity index (χ3v) is 4.26. The second kappa shape index (κ2) is 7.43. The number of piperidine rings is 1. The summed E-state index contributed by atoms with van der Waals surface area (Å²) in [6, 6.07) is 10.1. The number of likely N-dealkylation sites (tertiary alicyclic amines) is 1. The van der Waals surface area contributed by atoms with Crippen molar-refractivity contribution >= 4 is 11.7 Å². The summed E-state index contributed by atoms with van der Waals surface area (Å²) in [5.74, 6) is 1.33. The van der Waals surface area contributed by atoms with Crippen LogP contribution in [0, 0.1) is 13.8 Å². The maximum atomic E-state index is 12.6. The first kappa shape index (κ1) is 16.4. The zero-order valence-electron chi connectivity index (χ0n) is 14.4. The predicted octanol–water partition coefficient (Wildman–Crippen LogP) is 3.33. The van der Waals surface area contributed by atoms with Crippen LogP contribution in [0.2, 0.25) is 0 Å². The number of amides is 1. The van der Waals surface area contributed by atoms with Crippen LogP contribution in [0.4, 0.5) is 5.82 Å². The average Bonchev–Trinajstić information content (AvgIpc) is 2.60. The summed E-state index contributed by atoms with van der Waals surface area (Å²) >= 11 is 0. The number of hydrogen-bond acceptors (Lipinski definition) is 4. The number of benzene rings is 1. The van der Waals surface area contributed by atoms with Crippen LogP contribution in [0.15, 0.2) is 30.3 Å². The molecule has 24 heavy (non-hydrogen) atoms. The summed E-state index contributed by atoms with van der Waals surface area (Å²) in [5.41, 5.74) is 2.90. The van der Waals surface area contributed by atoms with Crippen molar-refractivity contribution in [3.05, 3.63) is 53.0 Å². The number of hydrogen-bond donors (Lipinski definition) is 1. The minimum absolute atomic E-state index is 0.0128. The number of nitrogens with zero attached hydrogens (tertiary/aromatic N) is 3. The average molecular weight is 324 g/mol. The lowest BCUT2D eigenvalue weighted by atomic mass is 10.1. The minimum Gasteiger partial charge on any atom is -0.366 e. The molecule has 1 aliphatic rings. The molecule has 5 heteroatoms. The zero-order chi connectivity index (χ0) is 16.9. The molecule has 0 bridgehead atoms. The summed E-state index contributed by atoms with van der Waals surface area (Å²) in [6.45, 7) is 6.23. The van der Waals surface area contributed by atoms with Gasteiger partial charge in [0.15, 0.2) is 0 Å². The van der Waals surface area contributed by atoms with Gasteiger partial charge in [0.25, 0.3) is 5.91 Å². The molecule has 0 aliphatic carbocycles. The Morgan fingerprint density at radius 2 is 1.92 bits per heavy atom. The molecule has 0 spiro atoms. The molecule has 1 amide bonds. The third kappa shape index (κ3) is 4.10. The molecule has 0 radical (unpaired) electrons. The highest BCUT2D eigenvalue weighted by molar-refractivity contribution is 5.93. The smallest absolute Gasteiger partial charge is 0.272 e. The molecule has 1 aromatic carbocycles. The molecule has 5 nitrogen and oxygen atoms in total. The van der Waals surface area contributed by atoms with Gasteiger partial charge >= 0.3 is 0 Å². The van der Waals surface area contributed by atoms with E-state index in [1.807, 2.05) is 17.9 Å². The Kier molecular flexibility index (Phi) is 5.08. The van der Waals surface area contributed by atoms with E-state index in [0.29, 0.717) is 23.9 Å². The van der Waals surface area contributed by atoms with E-state index in [0.717, 1.165) is 25.9 Å². The highest BCUT2D eigenvalue weighted by Gasteiger charge is 2.20. The van der Waals surface area contributed by atoms with E-state index in [2.05, 4.69) is 40.4 Å². The topological polar surface area (TPSA) is 58.1 Å². The highest BCUT2D eigenvalue weighted by atomic mass is 16.2. The fraction of sp³-hybridized carbons (Fsp3) is 0.421. The normalized spacial score (nSPS) is 14.5. The van der Waals surface area contributed by atoms with Crippen LogP contribution in [0.1, 0.15) is 46.7 Å². The molecule has 1 aliphatic heterocycles. The lowest BCUT2D eigenvalue weighted by Crippen LogP contribution is -2.36. The highest BCUT2D eigenvalue weighted by Crippen LogP contribution is 2.15. The largest absolute Gasteiger partial charge is 0.366 e. The molecular formula is C19H24N4O. The molecule has 2 aromatic rings. The monoisotopic (exact) mass is 324 g/mol. The van der Waals surface area contributed by atoms with Gasteiger partial charge in [-0.1, -0.05) is 29.8 Å². The van der Waals surface area contributed by atoms with Gasteiger partial charge in [-0.05, 0) is 38.7 Å². The number of carbonyl (C=O) groups is 1. The van der Waals surface area contributed by atoms with Crippen molar-refractivity contribution < 1.29 is 4.79 Å². The number of carbonyl (C=O) groups excluding carboxylic acids is 1. The number of rotatable bonds is 4. The number of aryl methyl sites for hydroxylation is 2. The molecule has 126 valence electrons. The van der Waals surface area contributed by atoms with Crippen molar-refractivity contribution in [3.63, 3.8) is 0 Å². The Hall–Kier alpha value is -2.43. The standard InChI is InChI=1S/C19H24N4O/c1-14-7-6-8-16(11-14)13-20-18-12-17(21-15(2)22-18)19(24)23-9-4-3-5-10-23/h6-8,11-12H,3-5,9-10,13H2,1-2H3,(H,20,21,22). The van der Waals surface area contributed by atoms with Crippen molar-refractivity contribution in [1.29, 1.82) is 0 Å². The summed E-state index contributed by atoms with van der Waals surface area (Å²) in [4.78, 5) is 23.3. The SMILES string of the molecule is Cc1cccc(CNc2cc(C(=O)N3CCCCC3)nc(C)n2)c1. The van der Waals surface area contributed by atoms with E-state index in [9.17, 15) is 4.79 Å². The van der Waals surface area contributed by atoms with Crippen molar-refractivity contribution in [1.82, 2.24) is 14.9 Å². The molecular weight excluding hydrogens is 300 g/mol. The number of nitrogens with one attached hydrogen (secondary N) is 1. The van der Waals surface area contributed by atoms with Gasteiger partial charge in [-0.25, -0.2) is 9.97 Å². The number of anilines is 1. The van der Waals surface area contributed by atoms with Gasteiger partial charge in [-0.15, -0.1) is 0 Å². The number of aromatic nitrogens is 2. The van der Waals surface area contributed by atoms with Gasteiger partial charge < -0.3 is 10.2 Å². The second-order valence-corrected chi connectivity index (χ2v) is 6.38. The van der Waals surface area contributed by atoms with Crippen molar-refractivity contribution in [2.45, 2.75) is 39.7 Å². The summed E-state index contributed by atoms with van der Waals surface area (Å²) < 4.78 is 0. The van der Waals surface area contributed by atoms with Gasteiger partial charge in [0.2, 0.25) is 0 Å². The molecule has 0 unspecified atom stereocenters. The zero-order valence-corrected chi connectivity index (χ0v) is 14.4. The van der Waals surface area contributed by atoms with Crippen molar-refractivity contribution in [3.8, 4) is 0 Å². The summed E-state index contributed by atoms with van der Waals surface area (Å²) in [7, 11) is 0. The molecule has 0 saturated carbocycles. The van der Waals surface area contributed by atoms with Gasteiger partial charge in [-0.2, -0.15) is 0 Å². The molecule has 1 N–H and O–H groups in total. The quantitative estimate of drug-likeness (QED) is 0.937. The molecule has 1 saturated heterocycles. The van der Waals surface area contributed by atoms with Crippen LogP contribution in [-0.2, 0) is 6.54 Å². The van der Waals surface area contributed by atoms with Crippen LogP contribution in [0.25, 0.3) is 0 Å². The summed E-state index contributed by atoms with van der Waals surface area (Å²) in [5, 5.41) is 3.31. The second-order valence-electron chi connectivity index (χ2n) is 6.38. The van der Waals surface area contributed by atoms with Crippen LogP contribution in [-0.4, -0.2) is 33.9 Å². The van der Waals surface area contributed by atoms with E-state index < -0.39 is 0 Å². The maximum absolute atomic E-state index is 12.6. The first-order valence-electron chi connectivity index (χ1n) is 8.56. The third-order valence-electron chi connectivity index (χ3n) is 4.26. The van der Waals surface area contributed by atoms with Crippen molar-refractivity contribution in [2.24, 2.45) is 0 Å². The molecule has 1 aromatic heterocycles. The van der Waals surface area contributed by atoms with Crippen LogP contribution in [0.3, 0.4) is 0 Å². The Morgan fingerprint density at radius 1 is 1.12 bits per heavy atom. The molecule has 3 rings (SSSR count). The first-order chi connectivity index (χ1) is 11.6. The van der Waals surface area contributed by atoms with Gasteiger partial charge in [0.1, 0.15) is 17.3 Å². The van der Waals surface area contributed by atoms with Crippen LogP contribution in [0.5, 0.6) is 0 Å². The molecule has 2 heterocycles. The van der Waals surface area contributed by atoms with Gasteiger partial charge in [-0.3, -0.25) is 4.79 Å². The lowest BCUT2D eigenvalue weighted by molar-refractivity contribution is 0.0718. The van der Waals surface area contributed by atoms with E-state index in [-0.39, 0.29) is 5.91 Å². The van der Waals surface area contributed by atoms with Gasteiger partial charge in [0, 0.05) is 25.7 Å². The van der Waals surface area contributed by atoms with Gasteiger partial charge in [0.05, 0.1) is 0 Å². The van der Waals surface area contributed by atoms with Crippen LogP contribution < -0.4 is 5.32 Å². The Labute approximate surface area is 143 Å². The Bertz CT molecular complexity index is 723. The molecule has 0 atom stereocenters. The van der Waals surface area contributed by atoms with E-state index >= 15 is 0 Å². The fourth-order valence-electron chi connectivity index (χ4n) is 3.04. The minimum atomic E-state index is 0.0128. The fourth-order valence-corrected chi connectivity index (χ4v) is 3.04. The predicted molar refractivity (Wildman–Crippen MR) is 95.0 cm³/mol. The van der Waals surface area contributed by atoms with E-state index in [1.54, 1.807) is 6.07 Å². The van der Waals surface area contributed by atoms with Crippen LogP contribution >= 0.6 is 0 Å². The molecule has 1 fully saturated rings. The first-order valence-corrected chi connectivity index (χ1v) is 8.56. The van der Waals surface area contributed by atoms with E-state index in [4.69, 9.17) is 0 Å². The maximum Gasteiger partial charge on any atom is 0.272 e.